The van der Waals surface area contributed by atoms with E-state index in [1.54, 1.807) is 34.8 Å². The van der Waals surface area contributed by atoms with Crippen LogP contribution in [-0.2, 0) is 14.3 Å². The number of cyclic esters (lactones) is 1. The SMILES string of the molecule is CN1CCN(c2nc(-c3ccc(C(=O)NC4(C(=O)N[C@H](CO)c5ccccc5)CCCCC4)cc3)cs2)CC1.CN1CCN(c2nc(-c3ccc(C4=NC5(CCCCC5)C(=O)O4)cc3)cs2)CC1. The molecule has 2 saturated carbocycles. The van der Waals surface area contributed by atoms with Gasteiger partial charge in [0.2, 0.25) is 11.8 Å². The number of piperazine rings is 2. The highest BCUT2D eigenvalue weighted by molar-refractivity contribution is 7.14. The average Bonchev–Trinajstić information content (AvgIpc) is 4.15. The maximum absolute atomic E-state index is 13.6. The number of nitrogens with zero attached hydrogens (tertiary/aromatic N) is 7. The van der Waals surface area contributed by atoms with Gasteiger partial charge in [0.05, 0.1) is 24.0 Å². The fraction of sp³-hybridized carbons (Fsp3) is 0.462. The van der Waals surface area contributed by atoms with E-state index in [-0.39, 0.29) is 24.4 Å². The summed E-state index contributed by atoms with van der Waals surface area (Å²) < 4.78 is 5.57. The summed E-state index contributed by atoms with van der Waals surface area (Å²) >= 11 is 3.35. The zero-order chi connectivity index (χ0) is 47.1. The number of carbonyl (C=O) groups is 3. The van der Waals surface area contributed by atoms with Gasteiger partial charge in [-0.2, -0.15) is 0 Å². The Bertz CT molecular complexity index is 2520. The summed E-state index contributed by atoms with van der Waals surface area (Å²) in [4.78, 5) is 63.2. The molecule has 0 radical (unpaired) electrons. The highest BCUT2D eigenvalue weighted by Gasteiger charge is 2.47. The van der Waals surface area contributed by atoms with E-state index in [0.717, 1.165) is 141 Å². The Morgan fingerprint density at radius 3 is 1.71 bits per heavy atom. The van der Waals surface area contributed by atoms with Crippen LogP contribution in [0.5, 0.6) is 0 Å². The molecule has 0 unspecified atom stereocenters. The molecule has 3 N–H and O–H groups in total. The third-order valence-electron chi connectivity index (χ3n) is 14.2. The van der Waals surface area contributed by atoms with Crippen molar-refractivity contribution in [2.24, 2.45) is 4.99 Å². The zero-order valence-corrected chi connectivity index (χ0v) is 40.8. The minimum absolute atomic E-state index is 0.174. The van der Waals surface area contributed by atoms with Crippen LogP contribution in [0, 0.1) is 0 Å². The van der Waals surface area contributed by atoms with E-state index >= 15 is 0 Å². The van der Waals surface area contributed by atoms with Crippen LogP contribution in [0.3, 0.4) is 0 Å². The van der Waals surface area contributed by atoms with Gasteiger partial charge in [0, 0.05) is 85.4 Å². The molecule has 10 rings (SSSR count). The lowest BCUT2D eigenvalue weighted by atomic mass is 9.80. The van der Waals surface area contributed by atoms with Gasteiger partial charge >= 0.3 is 5.97 Å². The summed E-state index contributed by atoms with van der Waals surface area (Å²) in [5.74, 6) is -0.211. The molecule has 5 aliphatic rings. The first kappa shape index (κ1) is 47.5. The molecule has 2 aliphatic carbocycles. The lowest BCUT2D eigenvalue weighted by molar-refractivity contribution is -0.140. The van der Waals surface area contributed by atoms with Gasteiger partial charge in [-0.25, -0.2) is 19.8 Å². The van der Waals surface area contributed by atoms with Crippen molar-refractivity contribution >= 4 is 56.6 Å². The summed E-state index contributed by atoms with van der Waals surface area (Å²) in [6.07, 6.45) is 8.79. The van der Waals surface area contributed by atoms with Gasteiger partial charge in [0.25, 0.3) is 5.91 Å². The largest absolute Gasteiger partial charge is 0.405 e. The summed E-state index contributed by atoms with van der Waals surface area (Å²) in [6, 6.07) is 24.4. The number of benzene rings is 3. The molecule has 5 heterocycles. The van der Waals surface area contributed by atoms with Crippen molar-refractivity contribution in [3.63, 3.8) is 0 Å². The van der Waals surface area contributed by atoms with E-state index in [4.69, 9.17) is 19.7 Å². The van der Waals surface area contributed by atoms with Crippen LogP contribution in [-0.4, -0.2) is 133 Å². The first-order valence-electron chi connectivity index (χ1n) is 24.2. The van der Waals surface area contributed by atoms with Crippen molar-refractivity contribution in [1.29, 1.82) is 0 Å². The Hall–Kier alpha value is -5.52. The number of likely N-dealkylation sites (N-methyl/N-ethyl adjacent to an activating group) is 2. The third-order valence-corrected chi connectivity index (χ3v) is 16.0. The number of aliphatic imine (C=N–C) groups is 1. The normalized spacial score (nSPS) is 19.9. The summed E-state index contributed by atoms with van der Waals surface area (Å²) in [6.45, 7) is 8.00. The van der Waals surface area contributed by atoms with Crippen molar-refractivity contribution in [3.05, 3.63) is 106 Å². The van der Waals surface area contributed by atoms with Gasteiger partial charge in [-0.15, -0.1) is 22.7 Å². The summed E-state index contributed by atoms with van der Waals surface area (Å²) in [5, 5.41) is 22.3. The second kappa shape index (κ2) is 21.4. The van der Waals surface area contributed by atoms with Gasteiger partial charge in [-0.3, -0.25) is 9.59 Å². The molecular weight excluding hydrogens is 895 g/mol. The van der Waals surface area contributed by atoms with E-state index in [9.17, 15) is 19.5 Å². The highest BCUT2D eigenvalue weighted by Crippen LogP contribution is 2.38. The molecule has 2 aromatic heterocycles. The van der Waals surface area contributed by atoms with Crippen LogP contribution in [0.2, 0.25) is 0 Å². The molecule has 358 valence electrons. The van der Waals surface area contributed by atoms with Crippen LogP contribution in [0.4, 0.5) is 10.3 Å². The molecule has 2 saturated heterocycles. The Labute approximate surface area is 407 Å². The second-order valence-electron chi connectivity index (χ2n) is 18.9. The number of amides is 2. The number of aromatic nitrogens is 2. The minimum Gasteiger partial charge on any atom is -0.405 e. The minimum atomic E-state index is -0.997. The van der Waals surface area contributed by atoms with Crippen molar-refractivity contribution in [2.45, 2.75) is 81.3 Å². The second-order valence-corrected chi connectivity index (χ2v) is 20.6. The van der Waals surface area contributed by atoms with Crippen molar-refractivity contribution < 1.29 is 24.2 Å². The number of anilines is 2. The third kappa shape index (κ3) is 10.8. The molecule has 68 heavy (non-hydrogen) atoms. The molecular formula is C52H63N9O5S2. The number of hydrogen-bond donors (Lipinski definition) is 3. The molecule has 5 aromatic rings. The van der Waals surface area contributed by atoms with Crippen molar-refractivity contribution in [2.75, 3.05) is 82.9 Å². The Morgan fingerprint density at radius 1 is 0.676 bits per heavy atom. The highest BCUT2D eigenvalue weighted by atomic mass is 32.1. The number of esters is 1. The van der Waals surface area contributed by atoms with Gasteiger partial charge in [-0.1, -0.05) is 93.1 Å². The molecule has 4 fully saturated rings. The van der Waals surface area contributed by atoms with Gasteiger partial charge in [0.15, 0.2) is 15.8 Å². The predicted octanol–water partition coefficient (Wildman–Crippen LogP) is 7.41. The number of hydrogen-bond acceptors (Lipinski definition) is 14. The Balaban J connectivity index is 0.000000177. The topological polar surface area (TPSA) is 156 Å². The standard InChI is InChI=1S/C30H37N5O3S.C22H26N4O2S/c1-34-16-18-35(19-17-34)29-32-26(21-39-29)23-10-12-24(13-11-23)27(37)33-30(14-6-3-7-15-30)28(38)31-25(20-36)22-8-4-2-5-9-22;1-25-11-13-26(14-12-25)21-23-18(15-29-21)16-5-7-17(8-6-16)19-24-22(20(27)28-19)9-3-2-4-10-22/h2,4-5,8-13,21,25,36H,3,6-7,14-20H2,1H3,(H,31,38)(H,33,37);5-8,15H,2-4,9-14H2,1H3/t25-;/m1./s1. The molecule has 1 spiro atoms. The van der Waals surface area contributed by atoms with E-state index < -0.39 is 17.1 Å². The fourth-order valence-electron chi connectivity index (χ4n) is 9.75. The van der Waals surface area contributed by atoms with Gasteiger partial charge in [-0.05, 0) is 69.6 Å². The van der Waals surface area contributed by atoms with Crippen molar-refractivity contribution in [1.82, 2.24) is 30.4 Å². The number of rotatable bonds is 11. The van der Waals surface area contributed by atoms with E-state index in [1.807, 2.05) is 66.7 Å². The van der Waals surface area contributed by atoms with E-state index in [0.29, 0.717) is 24.3 Å². The molecule has 3 aromatic carbocycles. The van der Waals surface area contributed by atoms with Crippen LogP contribution >= 0.6 is 22.7 Å². The Kier molecular flexibility index (Phi) is 15.0. The summed E-state index contributed by atoms with van der Waals surface area (Å²) in [7, 11) is 4.30. The first-order chi connectivity index (χ1) is 33.1. The number of ether oxygens (including phenoxy) is 1. The van der Waals surface area contributed by atoms with E-state index in [2.05, 4.69) is 55.1 Å². The molecule has 1 atom stereocenters. The predicted molar refractivity (Wildman–Crippen MR) is 271 cm³/mol. The monoisotopic (exact) mass is 957 g/mol. The number of aliphatic hydroxyl groups excluding tert-OH is 1. The fourth-order valence-corrected chi connectivity index (χ4v) is 11.5. The zero-order valence-electron chi connectivity index (χ0n) is 39.2. The van der Waals surface area contributed by atoms with Crippen LogP contribution < -0.4 is 20.4 Å². The molecule has 14 nitrogen and oxygen atoms in total. The van der Waals surface area contributed by atoms with Gasteiger partial charge < -0.3 is 40.1 Å². The summed E-state index contributed by atoms with van der Waals surface area (Å²) in [5.41, 5.74) is 4.50. The number of aliphatic hydroxyl groups is 1. The lowest BCUT2D eigenvalue weighted by Crippen LogP contribution is -2.60. The average molecular weight is 958 g/mol. The van der Waals surface area contributed by atoms with Gasteiger partial charge in [0.1, 0.15) is 5.54 Å². The maximum Gasteiger partial charge on any atom is 0.340 e. The number of carbonyl (C=O) groups excluding carboxylic acids is 3. The van der Waals surface area contributed by atoms with Crippen LogP contribution in [0.15, 0.2) is 94.6 Å². The molecule has 3 aliphatic heterocycles. The maximum atomic E-state index is 13.6. The molecule has 0 bridgehead atoms. The number of thiazole rings is 2. The van der Waals surface area contributed by atoms with Crippen molar-refractivity contribution in [3.8, 4) is 22.5 Å². The Morgan fingerprint density at radius 2 is 1.18 bits per heavy atom. The first-order valence-corrected chi connectivity index (χ1v) is 26.0. The molecule has 2 amide bonds. The molecule has 16 heteroatoms. The smallest absolute Gasteiger partial charge is 0.340 e. The van der Waals surface area contributed by atoms with Crippen LogP contribution in [0.1, 0.15) is 91.7 Å². The van der Waals surface area contributed by atoms with E-state index in [1.165, 1.54) is 6.42 Å². The quantitative estimate of drug-likeness (QED) is 0.113. The number of nitrogens with one attached hydrogen (secondary N) is 2. The lowest BCUT2D eigenvalue weighted by Gasteiger charge is -2.37. The van der Waals surface area contributed by atoms with Crippen LogP contribution in [0.25, 0.3) is 22.5 Å².